The predicted octanol–water partition coefficient (Wildman–Crippen LogP) is 3.33. The van der Waals surface area contributed by atoms with Crippen molar-refractivity contribution in [3.8, 4) is 5.75 Å². The van der Waals surface area contributed by atoms with Crippen molar-refractivity contribution in [3.63, 3.8) is 0 Å². The molecule has 1 aliphatic rings. The smallest absolute Gasteiger partial charge is 0.225 e. The van der Waals surface area contributed by atoms with Crippen LogP contribution in [0.1, 0.15) is 24.8 Å². The van der Waals surface area contributed by atoms with E-state index in [0.717, 1.165) is 11.8 Å². The molecular weight excluding hydrogens is 390 g/mol. The van der Waals surface area contributed by atoms with Gasteiger partial charge in [-0.05, 0) is 49.1 Å². The van der Waals surface area contributed by atoms with Gasteiger partial charge in [0.25, 0.3) is 0 Å². The molecule has 1 heterocycles. The van der Waals surface area contributed by atoms with Crippen molar-refractivity contribution in [3.05, 3.63) is 65.7 Å². The van der Waals surface area contributed by atoms with Gasteiger partial charge in [-0.15, -0.1) is 0 Å². The maximum absolute atomic E-state index is 13.2. The highest BCUT2D eigenvalue weighted by Crippen LogP contribution is 2.18. The average Bonchev–Trinajstić information content (AvgIpc) is 2.74. The summed E-state index contributed by atoms with van der Waals surface area (Å²) in [5.41, 5.74) is 0.505. The Balaban J connectivity index is 1.34. The molecule has 2 aromatic rings. The summed E-state index contributed by atoms with van der Waals surface area (Å²) in [6, 6.07) is 12.7. The van der Waals surface area contributed by atoms with E-state index in [4.69, 9.17) is 4.74 Å². The molecule has 0 radical (unpaired) electrons. The molecular formula is C23H26F2N2O3. The fourth-order valence-corrected chi connectivity index (χ4v) is 3.55. The van der Waals surface area contributed by atoms with E-state index >= 15 is 0 Å². The Morgan fingerprint density at radius 2 is 1.70 bits per heavy atom. The Labute approximate surface area is 175 Å². The summed E-state index contributed by atoms with van der Waals surface area (Å²) in [4.78, 5) is 26.4. The summed E-state index contributed by atoms with van der Waals surface area (Å²) in [7, 11) is 0. The number of carbonyl (C=O) groups excluding carboxylic acids is 2. The van der Waals surface area contributed by atoms with Crippen molar-refractivity contribution in [2.45, 2.75) is 25.7 Å². The number of amides is 2. The van der Waals surface area contributed by atoms with E-state index in [9.17, 15) is 18.4 Å². The largest absolute Gasteiger partial charge is 0.493 e. The molecule has 0 spiro atoms. The number of halogens is 2. The van der Waals surface area contributed by atoms with Gasteiger partial charge in [0, 0.05) is 31.6 Å². The Hall–Kier alpha value is -2.96. The van der Waals surface area contributed by atoms with Crippen LogP contribution in [-0.2, 0) is 16.0 Å². The lowest BCUT2D eigenvalue weighted by Gasteiger charge is -2.31. The SMILES string of the molecule is O=C(NCCc1cc(F)cc(F)c1)C1CCN(C(=O)CCOc2ccccc2)CC1. The lowest BCUT2D eigenvalue weighted by Crippen LogP contribution is -2.43. The lowest BCUT2D eigenvalue weighted by molar-refractivity contribution is -0.136. The standard InChI is InChI=1S/C23H26F2N2O3/c24-19-14-17(15-20(25)16-19)6-10-26-23(29)18-7-11-27(12-8-18)22(28)9-13-30-21-4-2-1-3-5-21/h1-5,14-16,18H,6-13H2,(H,26,29). The van der Waals surface area contributed by atoms with Gasteiger partial charge in [0.1, 0.15) is 17.4 Å². The molecule has 0 unspecified atom stereocenters. The predicted molar refractivity (Wildman–Crippen MR) is 109 cm³/mol. The number of hydrogen-bond donors (Lipinski definition) is 1. The number of likely N-dealkylation sites (tertiary alicyclic amines) is 1. The maximum Gasteiger partial charge on any atom is 0.225 e. The van der Waals surface area contributed by atoms with Crippen LogP contribution >= 0.6 is 0 Å². The van der Waals surface area contributed by atoms with Gasteiger partial charge in [-0.2, -0.15) is 0 Å². The minimum Gasteiger partial charge on any atom is -0.493 e. The van der Waals surface area contributed by atoms with E-state index in [1.807, 2.05) is 30.3 Å². The summed E-state index contributed by atoms with van der Waals surface area (Å²) in [6.07, 6.45) is 1.87. The second-order valence-electron chi connectivity index (χ2n) is 7.39. The van der Waals surface area contributed by atoms with E-state index < -0.39 is 11.6 Å². The van der Waals surface area contributed by atoms with Gasteiger partial charge in [0.05, 0.1) is 13.0 Å². The Kier molecular flexibility index (Phi) is 7.76. The molecule has 0 atom stereocenters. The number of para-hydroxylation sites is 1. The van der Waals surface area contributed by atoms with Crippen LogP contribution in [0.5, 0.6) is 5.75 Å². The maximum atomic E-state index is 13.2. The molecule has 5 nitrogen and oxygen atoms in total. The number of piperidine rings is 1. The van der Waals surface area contributed by atoms with Crippen LogP contribution < -0.4 is 10.1 Å². The highest BCUT2D eigenvalue weighted by Gasteiger charge is 2.27. The van der Waals surface area contributed by atoms with Gasteiger partial charge in [-0.1, -0.05) is 18.2 Å². The second-order valence-corrected chi connectivity index (χ2v) is 7.39. The monoisotopic (exact) mass is 416 g/mol. The zero-order valence-electron chi connectivity index (χ0n) is 16.8. The minimum atomic E-state index is -0.623. The third-order valence-electron chi connectivity index (χ3n) is 5.18. The summed E-state index contributed by atoms with van der Waals surface area (Å²) in [6.45, 7) is 1.72. The van der Waals surface area contributed by atoms with Crippen LogP contribution in [0, 0.1) is 17.6 Å². The van der Waals surface area contributed by atoms with E-state index in [-0.39, 0.29) is 17.7 Å². The number of nitrogens with zero attached hydrogens (tertiary/aromatic N) is 1. The van der Waals surface area contributed by atoms with Gasteiger partial charge in [-0.3, -0.25) is 9.59 Å². The molecule has 0 saturated carbocycles. The Morgan fingerprint density at radius 3 is 2.37 bits per heavy atom. The summed E-state index contributed by atoms with van der Waals surface area (Å²) < 4.78 is 32.0. The van der Waals surface area contributed by atoms with Crippen LogP contribution in [0.25, 0.3) is 0 Å². The van der Waals surface area contributed by atoms with Crippen LogP contribution in [0.3, 0.4) is 0 Å². The van der Waals surface area contributed by atoms with Crippen molar-refractivity contribution >= 4 is 11.8 Å². The minimum absolute atomic E-state index is 0.0259. The normalized spacial score (nSPS) is 14.4. The second kappa shape index (κ2) is 10.7. The quantitative estimate of drug-likeness (QED) is 0.718. The van der Waals surface area contributed by atoms with Gasteiger partial charge in [0.15, 0.2) is 0 Å². The molecule has 1 aliphatic heterocycles. The van der Waals surface area contributed by atoms with Gasteiger partial charge < -0.3 is 15.0 Å². The fourth-order valence-electron chi connectivity index (χ4n) is 3.55. The van der Waals surface area contributed by atoms with Crippen molar-refractivity contribution in [1.82, 2.24) is 10.2 Å². The number of hydrogen-bond acceptors (Lipinski definition) is 3. The highest BCUT2D eigenvalue weighted by molar-refractivity contribution is 5.80. The third-order valence-corrected chi connectivity index (χ3v) is 5.18. The molecule has 3 rings (SSSR count). The molecule has 1 saturated heterocycles. The first-order valence-electron chi connectivity index (χ1n) is 10.2. The third kappa shape index (κ3) is 6.54. The molecule has 0 aromatic heterocycles. The van der Waals surface area contributed by atoms with E-state index in [1.165, 1.54) is 12.1 Å². The number of rotatable bonds is 8. The van der Waals surface area contributed by atoms with Crippen molar-refractivity contribution in [2.24, 2.45) is 5.92 Å². The van der Waals surface area contributed by atoms with Crippen molar-refractivity contribution in [1.29, 1.82) is 0 Å². The molecule has 0 bridgehead atoms. The molecule has 0 aliphatic carbocycles. The zero-order chi connectivity index (χ0) is 21.3. The van der Waals surface area contributed by atoms with Crippen LogP contribution in [0.4, 0.5) is 8.78 Å². The van der Waals surface area contributed by atoms with Gasteiger partial charge >= 0.3 is 0 Å². The van der Waals surface area contributed by atoms with E-state index in [1.54, 1.807) is 4.90 Å². The van der Waals surface area contributed by atoms with E-state index in [0.29, 0.717) is 57.5 Å². The summed E-state index contributed by atoms with van der Waals surface area (Å²) >= 11 is 0. The van der Waals surface area contributed by atoms with Gasteiger partial charge in [-0.25, -0.2) is 8.78 Å². The Morgan fingerprint density at radius 1 is 1.03 bits per heavy atom. The molecule has 2 amide bonds. The number of carbonyl (C=O) groups is 2. The molecule has 1 N–H and O–H groups in total. The number of benzene rings is 2. The van der Waals surface area contributed by atoms with Crippen LogP contribution in [0.2, 0.25) is 0 Å². The zero-order valence-corrected chi connectivity index (χ0v) is 16.8. The summed E-state index contributed by atoms with van der Waals surface area (Å²) in [5.74, 6) is -0.713. The molecule has 7 heteroatoms. The number of nitrogens with one attached hydrogen (secondary N) is 1. The summed E-state index contributed by atoms with van der Waals surface area (Å²) in [5, 5.41) is 2.83. The first-order chi connectivity index (χ1) is 14.5. The van der Waals surface area contributed by atoms with Gasteiger partial charge in [0.2, 0.25) is 11.8 Å². The van der Waals surface area contributed by atoms with Crippen molar-refractivity contribution in [2.75, 3.05) is 26.2 Å². The van der Waals surface area contributed by atoms with Crippen LogP contribution in [-0.4, -0.2) is 43.0 Å². The van der Waals surface area contributed by atoms with Crippen molar-refractivity contribution < 1.29 is 23.1 Å². The number of ether oxygens (including phenoxy) is 1. The molecule has 2 aromatic carbocycles. The molecule has 160 valence electrons. The van der Waals surface area contributed by atoms with Crippen LogP contribution in [0.15, 0.2) is 48.5 Å². The highest BCUT2D eigenvalue weighted by atomic mass is 19.1. The lowest BCUT2D eigenvalue weighted by atomic mass is 9.95. The van der Waals surface area contributed by atoms with E-state index in [2.05, 4.69) is 5.32 Å². The first kappa shape index (κ1) is 21.7. The fraction of sp³-hybridized carbons (Fsp3) is 0.391. The Bertz CT molecular complexity index is 833. The molecule has 30 heavy (non-hydrogen) atoms. The topological polar surface area (TPSA) is 58.6 Å². The average molecular weight is 416 g/mol. The first-order valence-corrected chi connectivity index (χ1v) is 10.2. The molecule has 1 fully saturated rings.